The van der Waals surface area contributed by atoms with Crippen molar-refractivity contribution in [2.45, 2.75) is 26.4 Å². The zero-order chi connectivity index (χ0) is 18.6. The molecule has 7 heteroatoms. The maximum atomic E-state index is 12.3. The highest BCUT2D eigenvalue weighted by Gasteiger charge is 2.16. The van der Waals surface area contributed by atoms with Gasteiger partial charge in [0.2, 0.25) is 0 Å². The number of carbonyl (C=O) groups is 2. The summed E-state index contributed by atoms with van der Waals surface area (Å²) >= 11 is 0. The third-order valence-electron chi connectivity index (χ3n) is 3.06. The molecule has 0 saturated heterocycles. The van der Waals surface area contributed by atoms with Crippen LogP contribution in [-0.2, 0) is 11.8 Å². The summed E-state index contributed by atoms with van der Waals surface area (Å²) in [6, 6.07) is 8.04. The van der Waals surface area contributed by atoms with E-state index in [0.29, 0.717) is 22.8 Å². The topological polar surface area (TPSA) is 85.3 Å². The number of nitrogens with one attached hydrogen (secondary N) is 2. The van der Waals surface area contributed by atoms with E-state index >= 15 is 0 Å². The van der Waals surface area contributed by atoms with Gasteiger partial charge in [0, 0.05) is 24.4 Å². The van der Waals surface area contributed by atoms with Gasteiger partial charge in [0.05, 0.1) is 0 Å². The predicted molar refractivity (Wildman–Crippen MR) is 95.4 cm³/mol. The van der Waals surface area contributed by atoms with Crippen LogP contribution in [0.5, 0.6) is 0 Å². The summed E-state index contributed by atoms with van der Waals surface area (Å²) in [6.45, 7) is 5.35. The van der Waals surface area contributed by atoms with E-state index in [2.05, 4.69) is 21.7 Å². The van der Waals surface area contributed by atoms with E-state index < -0.39 is 11.7 Å². The number of hydrogen-bond acceptors (Lipinski definition) is 4. The summed E-state index contributed by atoms with van der Waals surface area (Å²) in [4.78, 5) is 24.0. The summed E-state index contributed by atoms with van der Waals surface area (Å²) in [6.07, 6.45) is 4.73. The van der Waals surface area contributed by atoms with Crippen molar-refractivity contribution in [3.8, 4) is 12.3 Å². The minimum absolute atomic E-state index is 0.310. The molecule has 0 aliphatic rings. The molecule has 2 aromatic rings. The van der Waals surface area contributed by atoms with Gasteiger partial charge in [-0.3, -0.25) is 14.8 Å². The van der Waals surface area contributed by atoms with E-state index in [0.717, 1.165) is 0 Å². The molecule has 25 heavy (non-hydrogen) atoms. The van der Waals surface area contributed by atoms with E-state index in [1.54, 1.807) is 58.2 Å². The lowest BCUT2D eigenvalue weighted by atomic mass is 10.2. The highest BCUT2D eigenvalue weighted by molar-refractivity contribution is 6.04. The summed E-state index contributed by atoms with van der Waals surface area (Å²) < 4.78 is 6.66. The molecule has 130 valence electrons. The minimum atomic E-state index is -0.579. The normalized spacial score (nSPS) is 10.7. The zero-order valence-corrected chi connectivity index (χ0v) is 14.6. The third-order valence-corrected chi connectivity index (χ3v) is 3.06. The largest absolute Gasteiger partial charge is 0.444 e. The van der Waals surface area contributed by atoms with Crippen molar-refractivity contribution in [2.24, 2.45) is 7.05 Å². The molecule has 0 unspecified atom stereocenters. The lowest BCUT2D eigenvalue weighted by Gasteiger charge is -2.19. The van der Waals surface area contributed by atoms with Gasteiger partial charge in [0.1, 0.15) is 17.1 Å². The maximum absolute atomic E-state index is 12.3. The minimum Gasteiger partial charge on any atom is -0.444 e. The molecule has 0 atom stereocenters. The molecule has 0 radical (unpaired) electrons. The number of rotatable bonds is 3. The molecule has 1 aromatic heterocycles. The van der Waals surface area contributed by atoms with Crippen LogP contribution in [0.25, 0.3) is 0 Å². The SMILES string of the molecule is C#Cc1cc(NC(=O)c2ccc(NC(=O)OC(C)(C)C)cc2)n(C)n1. The number of anilines is 2. The van der Waals surface area contributed by atoms with Crippen LogP contribution < -0.4 is 10.6 Å². The fraction of sp³-hybridized carbons (Fsp3) is 0.278. The third kappa shape index (κ3) is 5.11. The Labute approximate surface area is 146 Å². The number of aromatic nitrogens is 2. The Morgan fingerprint density at radius 1 is 1.20 bits per heavy atom. The van der Waals surface area contributed by atoms with Gasteiger partial charge < -0.3 is 10.1 Å². The van der Waals surface area contributed by atoms with Crippen LogP contribution in [0.2, 0.25) is 0 Å². The molecule has 2 rings (SSSR count). The first kappa shape index (κ1) is 18.1. The first-order valence-electron chi connectivity index (χ1n) is 7.60. The Bertz CT molecular complexity index is 823. The van der Waals surface area contributed by atoms with Gasteiger partial charge in [-0.25, -0.2) is 4.79 Å². The van der Waals surface area contributed by atoms with E-state index in [9.17, 15) is 9.59 Å². The number of aryl methyl sites for hydroxylation is 1. The van der Waals surface area contributed by atoms with Gasteiger partial charge in [-0.2, -0.15) is 5.10 Å². The number of hydrogen-bond donors (Lipinski definition) is 2. The highest BCUT2D eigenvalue weighted by atomic mass is 16.6. The number of benzene rings is 1. The van der Waals surface area contributed by atoms with E-state index in [1.165, 1.54) is 4.68 Å². The van der Waals surface area contributed by atoms with Crippen LogP contribution in [0.15, 0.2) is 30.3 Å². The molecule has 0 bridgehead atoms. The van der Waals surface area contributed by atoms with Crippen molar-refractivity contribution >= 4 is 23.5 Å². The van der Waals surface area contributed by atoms with Crippen molar-refractivity contribution in [3.05, 3.63) is 41.6 Å². The van der Waals surface area contributed by atoms with Crippen molar-refractivity contribution in [2.75, 3.05) is 10.6 Å². The van der Waals surface area contributed by atoms with E-state index in [4.69, 9.17) is 11.2 Å². The molecule has 0 fully saturated rings. The lowest BCUT2D eigenvalue weighted by Crippen LogP contribution is -2.27. The second kappa shape index (κ2) is 7.09. The van der Waals surface area contributed by atoms with Crippen molar-refractivity contribution in [1.29, 1.82) is 0 Å². The maximum Gasteiger partial charge on any atom is 0.412 e. The number of carbonyl (C=O) groups excluding carboxylic acids is 2. The Kier molecular flexibility index (Phi) is 5.13. The average molecular weight is 340 g/mol. The van der Waals surface area contributed by atoms with E-state index in [1.807, 2.05) is 0 Å². The Hall–Kier alpha value is -3.27. The quantitative estimate of drug-likeness (QED) is 0.841. The zero-order valence-electron chi connectivity index (χ0n) is 14.6. The molecule has 1 aromatic carbocycles. The highest BCUT2D eigenvalue weighted by Crippen LogP contribution is 2.15. The smallest absolute Gasteiger partial charge is 0.412 e. The van der Waals surface area contributed by atoms with Crippen molar-refractivity contribution < 1.29 is 14.3 Å². The molecular weight excluding hydrogens is 320 g/mol. The number of terminal acetylenes is 1. The Morgan fingerprint density at radius 3 is 2.36 bits per heavy atom. The molecule has 2 amide bonds. The second-order valence-electron chi connectivity index (χ2n) is 6.34. The van der Waals surface area contributed by atoms with Gasteiger partial charge in [0.25, 0.3) is 5.91 Å². The van der Waals surface area contributed by atoms with E-state index in [-0.39, 0.29) is 5.91 Å². The second-order valence-corrected chi connectivity index (χ2v) is 6.34. The van der Waals surface area contributed by atoms with Crippen LogP contribution in [0.3, 0.4) is 0 Å². The van der Waals surface area contributed by atoms with Crippen LogP contribution >= 0.6 is 0 Å². The summed E-state index contributed by atoms with van der Waals surface area (Å²) in [5, 5.41) is 9.39. The molecule has 0 spiro atoms. The van der Waals surface area contributed by atoms with Gasteiger partial charge in [-0.05, 0) is 51.0 Å². The number of nitrogens with zero attached hydrogens (tertiary/aromatic N) is 2. The summed E-state index contributed by atoms with van der Waals surface area (Å²) in [7, 11) is 1.68. The van der Waals surface area contributed by atoms with Gasteiger partial charge in [-0.1, -0.05) is 0 Å². The van der Waals surface area contributed by atoms with Crippen LogP contribution in [-0.4, -0.2) is 27.4 Å². The molecule has 1 heterocycles. The fourth-order valence-electron chi connectivity index (χ4n) is 1.97. The Balaban J connectivity index is 2.01. The van der Waals surface area contributed by atoms with Crippen LogP contribution in [0.1, 0.15) is 36.8 Å². The molecule has 0 aliphatic heterocycles. The standard InChI is InChI=1S/C18H20N4O3/c1-6-13-11-15(22(5)21-13)20-16(23)12-7-9-14(10-8-12)19-17(24)25-18(2,3)4/h1,7-11H,2-5H3,(H,19,24)(H,20,23). The number of ether oxygens (including phenoxy) is 1. The molecule has 0 saturated carbocycles. The fourth-order valence-corrected chi connectivity index (χ4v) is 1.97. The monoisotopic (exact) mass is 340 g/mol. The van der Waals surface area contributed by atoms with Crippen LogP contribution in [0.4, 0.5) is 16.3 Å². The lowest BCUT2D eigenvalue weighted by molar-refractivity contribution is 0.0636. The predicted octanol–water partition coefficient (Wildman–Crippen LogP) is 3.00. The van der Waals surface area contributed by atoms with Gasteiger partial charge in [-0.15, -0.1) is 6.42 Å². The molecule has 7 nitrogen and oxygen atoms in total. The average Bonchev–Trinajstić information content (AvgIpc) is 2.86. The van der Waals surface area contributed by atoms with Crippen LogP contribution in [0, 0.1) is 12.3 Å². The van der Waals surface area contributed by atoms with Crippen molar-refractivity contribution in [1.82, 2.24) is 9.78 Å². The molecular formula is C18H20N4O3. The van der Waals surface area contributed by atoms with Gasteiger partial charge >= 0.3 is 6.09 Å². The summed E-state index contributed by atoms with van der Waals surface area (Å²) in [5.74, 6) is 2.59. The Morgan fingerprint density at radius 2 is 1.84 bits per heavy atom. The summed E-state index contributed by atoms with van der Waals surface area (Å²) in [5.41, 5.74) is 0.818. The molecule has 2 N–H and O–H groups in total. The van der Waals surface area contributed by atoms with Crippen molar-refractivity contribution in [3.63, 3.8) is 0 Å². The number of amides is 2. The van der Waals surface area contributed by atoms with Gasteiger partial charge in [0.15, 0.2) is 0 Å². The first-order valence-corrected chi connectivity index (χ1v) is 7.60. The first-order chi connectivity index (χ1) is 11.7. The molecule has 0 aliphatic carbocycles.